The van der Waals surface area contributed by atoms with Crippen LogP contribution in [-0.4, -0.2) is 24.1 Å². The predicted octanol–water partition coefficient (Wildman–Crippen LogP) is 2.25. The Morgan fingerprint density at radius 1 is 0.950 bits per heavy atom. The highest BCUT2D eigenvalue weighted by Crippen LogP contribution is 2.59. The van der Waals surface area contributed by atoms with E-state index in [0.717, 1.165) is 12.5 Å². The van der Waals surface area contributed by atoms with Crippen molar-refractivity contribution in [1.82, 2.24) is 0 Å². The topological polar surface area (TPSA) is 52.6 Å². The number of esters is 2. The molecule has 3 aliphatic rings. The van der Waals surface area contributed by atoms with Gasteiger partial charge in [0.2, 0.25) is 0 Å². The minimum Gasteiger partial charge on any atom is -0.455 e. The molecule has 2 bridgehead atoms. The van der Waals surface area contributed by atoms with Gasteiger partial charge in [-0.15, -0.1) is 0 Å². The summed E-state index contributed by atoms with van der Waals surface area (Å²) >= 11 is 0. The second kappa shape index (κ2) is 5.08. The summed E-state index contributed by atoms with van der Waals surface area (Å²) in [7, 11) is 0. The Kier molecular flexibility index (Phi) is 3.40. The molecule has 6 atom stereocenters. The summed E-state index contributed by atoms with van der Waals surface area (Å²) in [6.07, 6.45) is 6.20. The molecule has 4 nitrogen and oxygen atoms in total. The number of fused-ring (bicyclic) bond motifs is 5. The number of carbonyl (C=O) groups excluding carboxylic acids is 2. The molecule has 0 heterocycles. The second-order valence-electron chi connectivity index (χ2n) is 6.10. The normalized spacial score (nSPS) is 41.0. The van der Waals surface area contributed by atoms with Crippen molar-refractivity contribution in [3.63, 3.8) is 0 Å². The molecule has 20 heavy (non-hydrogen) atoms. The van der Waals surface area contributed by atoms with Crippen molar-refractivity contribution in [3.8, 4) is 0 Å². The molecule has 0 aromatic heterocycles. The van der Waals surface area contributed by atoms with Crippen molar-refractivity contribution in [2.24, 2.45) is 23.7 Å². The van der Waals surface area contributed by atoms with Crippen LogP contribution in [0.3, 0.4) is 0 Å². The van der Waals surface area contributed by atoms with Crippen LogP contribution in [0.15, 0.2) is 25.3 Å². The molecule has 0 aliphatic heterocycles. The van der Waals surface area contributed by atoms with Crippen LogP contribution >= 0.6 is 0 Å². The van der Waals surface area contributed by atoms with Crippen molar-refractivity contribution >= 4 is 11.9 Å². The third kappa shape index (κ3) is 2.07. The molecule has 0 radical (unpaired) electrons. The summed E-state index contributed by atoms with van der Waals surface area (Å²) in [6, 6.07) is 0. The van der Waals surface area contributed by atoms with Gasteiger partial charge in [-0.2, -0.15) is 0 Å². The van der Waals surface area contributed by atoms with E-state index in [2.05, 4.69) is 13.2 Å². The van der Waals surface area contributed by atoms with E-state index < -0.39 is 11.9 Å². The summed E-state index contributed by atoms with van der Waals surface area (Å²) in [6.45, 7) is 6.86. The number of rotatable bonds is 4. The van der Waals surface area contributed by atoms with Crippen LogP contribution in [0.25, 0.3) is 0 Å². The average Bonchev–Trinajstić information content (AvgIpc) is 3.12. The van der Waals surface area contributed by atoms with Gasteiger partial charge in [0.25, 0.3) is 0 Å². The molecule has 3 saturated carbocycles. The monoisotopic (exact) mass is 276 g/mol. The van der Waals surface area contributed by atoms with Gasteiger partial charge in [-0.25, -0.2) is 9.59 Å². The lowest BCUT2D eigenvalue weighted by molar-refractivity contribution is -0.162. The molecule has 0 spiro atoms. The molecule has 4 heteroatoms. The first kappa shape index (κ1) is 13.4. The quantitative estimate of drug-likeness (QED) is 0.584. The molecule has 3 aliphatic carbocycles. The minimum atomic E-state index is -0.443. The number of hydrogen-bond acceptors (Lipinski definition) is 4. The van der Waals surface area contributed by atoms with E-state index in [9.17, 15) is 9.59 Å². The van der Waals surface area contributed by atoms with Crippen LogP contribution < -0.4 is 0 Å². The smallest absolute Gasteiger partial charge is 0.330 e. The Labute approximate surface area is 118 Å². The maximum absolute atomic E-state index is 11.6. The standard InChI is InChI=1S/C16H20O4/c1-3-13(17)19-12-8-11-9-5-6-10(7-9)15(11)16(12)20-14(18)4-2/h3-4,9-12,15-16H,1-2,5-8H2. The second-order valence-corrected chi connectivity index (χ2v) is 6.10. The van der Waals surface area contributed by atoms with Crippen LogP contribution in [0.4, 0.5) is 0 Å². The lowest BCUT2D eigenvalue weighted by atomic mass is 9.81. The molecular weight excluding hydrogens is 256 g/mol. The Hall–Kier alpha value is -1.58. The summed E-state index contributed by atoms with van der Waals surface area (Å²) < 4.78 is 10.9. The molecule has 0 N–H and O–H groups in total. The lowest BCUT2D eigenvalue weighted by Crippen LogP contribution is -2.36. The van der Waals surface area contributed by atoms with Crippen LogP contribution in [0.5, 0.6) is 0 Å². The van der Waals surface area contributed by atoms with Crippen molar-refractivity contribution in [3.05, 3.63) is 25.3 Å². The summed E-state index contributed by atoms with van der Waals surface area (Å²) in [5, 5.41) is 0. The fourth-order valence-corrected chi connectivity index (χ4v) is 4.62. The van der Waals surface area contributed by atoms with Gasteiger partial charge in [0, 0.05) is 18.1 Å². The van der Waals surface area contributed by atoms with E-state index >= 15 is 0 Å². The number of carbonyl (C=O) groups is 2. The molecule has 0 amide bonds. The van der Waals surface area contributed by atoms with Gasteiger partial charge in [0.1, 0.15) is 12.2 Å². The molecule has 3 rings (SSSR count). The van der Waals surface area contributed by atoms with Crippen molar-refractivity contribution in [1.29, 1.82) is 0 Å². The van der Waals surface area contributed by atoms with Crippen LogP contribution in [-0.2, 0) is 19.1 Å². The molecule has 0 aromatic carbocycles. The Morgan fingerprint density at radius 3 is 2.30 bits per heavy atom. The fraction of sp³-hybridized carbons (Fsp3) is 0.625. The predicted molar refractivity (Wildman–Crippen MR) is 72.6 cm³/mol. The maximum atomic E-state index is 11.6. The minimum absolute atomic E-state index is 0.315. The highest BCUT2D eigenvalue weighted by atomic mass is 16.6. The van der Waals surface area contributed by atoms with Crippen molar-refractivity contribution in [2.45, 2.75) is 37.9 Å². The van der Waals surface area contributed by atoms with Gasteiger partial charge < -0.3 is 9.47 Å². The summed E-state index contributed by atoms with van der Waals surface area (Å²) in [5.41, 5.74) is 0. The Morgan fingerprint density at radius 2 is 1.60 bits per heavy atom. The average molecular weight is 276 g/mol. The van der Waals surface area contributed by atoms with Gasteiger partial charge in [0.05, 0.1) is 0 Å². The first-order valence-electron chi connectivity index (χ1n) is 7.30. The van der Waals surface area contributed by atoms with Gasteiger partial charge >= 0.3 is 11.9 Å². The van der Waals surface area contributed by atoms with E-state index in [1.54, 1.807) is 0 Å². The lowest BCUT2D eigenvalue weighted by Gasteiger charge is -2.29. The molecule has 0 aromatic rings. The molecule has 108 valence electrons. The first-order valence-corrected chi connectivity index (χ1v) is 7.30. The van der Waals surface area contributed by atoms with Crippen LogP contribution in [0, 0.1) is 23.7 Å². The number of hydrogen-bond donors (Lipinski definition) is 0. The third-order valence-electron chi connectivity index (χ3n) is 5.26. The van der Waals surface area contributed by atoms with Gasteiger partial charge in [-0.3, -0.25) is 0 Å². The highest BCUT2D eigenvalue weighted by molar-refractivity contribution is 5.82. The van der Waals surface area contributed by atoms with Crippen molar-refractivity contribution < 1.29 is 19.1 Å². The van der Waals surface area contributed by atoms with Gasteiger partial charge in [-0.1, -0.05) is 13.2 Å². The highest BCUT2D eigenvalue weighted by Gasteiger charge is 2.59. The van der Waals surface area contributed by atoms with E-state index in [1.807, 2.05) is 0 Å². The SMILES string of the molecule is C=CC(=O)OC1CC2C3CCC(C3)C2C1OC(=O)C=C. The zero-order valence-corrected chi connectivity index (χ0v) is 11.5. The van der Waals surface area contributed by atoms with E-state index in [4.69, 9.17) is 9.47 Å². The Bertz CT molecular complexity index is 455. The molecule has 0 saturated heterocycles. The van der Waals surface area contributed by atoms with Gasteiger partial charge in [0.15, 0.2) is 0 Å². The number of ether oxygens (including phenoxy) is 2. The fourth-order valence-electron chi connectivity index (χ4n) is 4.62. The summed E-state index contributed by atoms with van der Waals surface area (Å²) in [5.74, 6) is 1.32. The van der Waals surface area contributed by atoms with Crippen LogP contribution in [0.2, 0.25) is 0 Å². The largest absolute Gasteiger partial charge is 0.455 e. The third-order valence-corrected chi connectivity index (χ3v) is 5.26. The molecule has 3 fully saturated rings. The first-order chi connectivity index (χ1) is 9.63. The summed E-state index contributed by atoms with van der Waals surface area (Å²) in [4.78, 5) is 23.0. The van der Waals surface area contributed by atoms with Gasteiger partial charge in [-0.05, 0) is 43.4 Å². The zero-order chi connectivity index (χ0) is 14.3. The van der Waals surface area contributed by atoms with E-state index in [1.165, 1.54) is 25.3 Å². The van der Waals surface area contributed by atoms with E-state index in [0.29, 0.717) is 23.7 Å². The van der Waals surface area contributed by atoms with E-state index in [-0.39, 0.29) is 12.2 Å². The van der Waals surface area contributed by atoms with Crippen molar-refractivity contribution in [2.75, 3.05) is 0 Å². The maximum Gasteiger partial charge on any atom is 0.330 e. The molecular formula is C16H20O4. The molecule has 6 unspecified atom stereocenters. The zero-order valence-electron chi connectivity index (χ0n) is 11.5. The van der Waals surface area contributed by atoms with Crippen LogP contribution in [0.1, 0.15) is 25.7 Å². The Balaban J connectivity index is 1.79.